The van der Waals surface area contributed by atoms with Crippen molar-refractivity contribution in [3.63, 3.8) is 0 Å². The van der Waals surface area contributed by atoms with Crippen molar-refractivity contribution in [2.75, 3.05) is 0 Å². The van der Waals surface area contributed by atoms with Gasteiger partial charge in [-0.2, -0.15) is 0 Å². The first-order chi connectivity index (χ1) is 8.29. The summed E-state index contributed by atoms with van der Waals surface area (Å²) in [5, 5.41) is 9.21. The van der Waals surface area contributed by atoms with Gasteiger partial charge in [0, 0.05) is 22.4 Å². The molecule has 1 N–H and O–H groups in total. The number of aliphatic hydroxyl groups is 1. The maximum Gasteiger partial charge on any atom is 0.166 e. The molecule has 0 spiro atoms. The Bertz CT molecular complexity index is 491. The molecule has 0 saturated carbocycles. The van der Waals surface area contributed by atoms with Gasteiger partial charge in [0.1, 0.15) is 12.4 Å². The number of aromatic nitrogens is 2. The second-order valence-corrected chi connectivity index (χ2v) is 4.28. The van der Waals surface area contributed by atoms with Gasteiger partial charge < -0.3 is 9.84 Å². The molecule has 1 aromatic heterocycles. The molecule has 4 nitrogen and oxygen atoms in total. The lowest BCUT2D eigenvalue weighted by Gasteiger charge is -2.09. The van der Waals surface area contributed by atoms with E-state index in [0.717, 1.165) is 10.0 Å². The zero-order valence-corrected chi connectivity index (χ0v) is 10.6. The molecule has 0 fully saturated rings. The first kappa shape index (κ1) is 12.0. The van der Waals surface area contributed by atoms with Crippen LogP contribution in [0.4, 0.5) is 0 Å². The van der Waals surface area contributed by atoms with Crippen molar-refractivity contribution >= 4 is 15.9 Å². The van der Waals surface area contributed by atoms with E-state index >= 15 is 0 Å². The molecule has 0 amide bonds. The molecule has 0 aliphatic rings. The molecule has 1 aromatic carbocycles. The maximum atomic E-state index is 9.21. The van der Waals surface area contributed by atoms with Crippen LogP contribution in [-0.2, 0) is 13.2 Å². The summed E-state index contributed by atoms with van der Waals surface area (Å²) < 4.78 is 6.47. The van der Waals surface area contributed by atoms with Crippen LogP contribution in [0.15, 0.2) is 41.1 Å². The van der Waals surface area contributed by atoms with E-state index in [4.69, 9.17) is 4.74 Å². The van der Waals surface area contributed by atoms with Crippen molar-refractivity contribution < 1.29 is 9.84 Å². The number of benzene rings is 1. The highest BCUT2D eigenvalue weighted by molar-refractivity contribution is 9.10. The van der Waals surface area contributed by atoms with Crippen LogP contribution in [-0.4, -0.2) is 15.1 Å². The van der Waals surface area contributed by atoms with Crippen molar-refractivity contribution in [2.24, 2.45) is 0 Å². The van der Waals surface area contributed by atoms with Gasteiger partial charge in [0.25, 0.3) is 0 Å². The predicted octanol–water partition coefficient (Wildman–Crippen LogP) is 2.31. The van der Waals surface area contributed by atoms with Gasteiger partial charge in [-0.25, -0.2) is 9.97 Å². The molecule has 2 rings (SSSR count). The molecule has 88 valence electrons. The van der Waals surface area contributed by atoms with Crippen LogP contribution in [0.5, 0.6) is 5.75 Å². The van der Waals surface area contributed by atoms with Gasteiger partial charge in [0.15, 0.2) is 5.82 Å². The summed E-state index contributed by atoms with van der Waals surface area (Å²) in [6, 6.07) is 7.24. The Balaban J connectivity index is 2.09. The molecular weight excluding hydrogens is 284 g/mol. The van der Waals surface area contributed by atoms with Gasteiger partial charge in [-0.15, -0.1) is 0 Å². The molecule has 0 atom stereocenters. The molecule has 0 bridgehead atoms. The first-order valence-corrected chi connectivity index (χ1v) is 5.87. The zero-order chi connectivity index (χ0) is 12.1. The highest BCUT2D eigenvalue weighted by atomic mass is 79.9. The second-order valence-electron chi connectivity index (χ2n) is 3.36. The molecule has 1 heterocycles. The fourth-order valence-corrected chi connectivity index (χ4v) is 1.77. The molecule has 0 aliphatic heterocycles. The minimum atomic E-state index is -0.0651. The van der Waals surface area contributed by atoms with Gasteiger partial charge in [0.05, 0.1) is 6.61 Å². The fourth-order valence-electron chi connectivity index (χ4n) is 1.36. The summed E-state index contributed by atoms with van der Waals surface area (Å²) in [5.74, 6) is 1.25. The van der Waals surface area contributed by atoms with Gasteiger partial charge in [-0.05, 0) is 24.3 Å². The van der Waals surface area contributed by atoms with E-state index in [1.165, 1.54) is 0 Å². The van der Waals surface area contributed by atoms with Crippen molar-refractivity contribution in [1.29, 1.82) is 0 Å². The summed E-state index contributed by atoms with van der Waals surface area (Å²) in [6.45, 7) is 0.222. The van der Waals surface area contributed by atoms with E-state index in [1.54, 1.807) is 24.5 Å². The van der Waals surface area contributed by atoms with Crippen molar-refractivity contribution in [3.05, 3.63) is 52.5 Å². The molecule has 0 radical (unpaired) electrons. The number of hydrogen-bond acceptors (Lipinski definition) is 4. The number of halogens is 1. The number of rotatable bonds is 4. The van der Waals surface area contributed by atoms with Crippen LogP contribution < -0.4 is 4.74 Å². The monoisotopic (exact) mass is 294 g/mol. The summed E-state index contributed by atoms with van der Waals surface area (Å²) >= 11 is 3.34. The highest BCUT2D eigenvalue weighted by Crippen LogP contribution is 2.23. The summed E-state index contributed by atoms with van der Waals surface area (Å²) in [5.41, 5.74) is 0.732. The molecule has 17 heavy (non-hydrogen) atoms. The van der Waals surface area contributed by atoms with E-state index in [-0.39, 0.29) is 13.2 Å². The highest BCUT2D eigenvalue weighted by Gasteiger charge is 2.04. The number of aliphatic hydroxyl groups excluding tert-OH is 1. The minimum absolute atomic E-state index is 0.0651. The molecule has 5 heteroatoms. The van der Waals surface area contributed by atoms with Gasteiger partial charge in [-0.1, -0.05) is 15.9 Å². The van der Waals surface area contributed by atoms with E-state index in [9.17, 15) is 5.11 Å². The van der Waals surface area contributed by atoms with Gasteiger partial charge in [-0.3, -0.25) is 0 Å². The Kier molecular flexibility index (Phi) is 4.06. The smallest absolute Gasteiger partial charge is 0.166 e. The first-order valence-electron chi connectivity index (χ1n) is 5.07. The Morgan fingerprint density at radius 3 is 2.71 bits per heavy atom. The third-order valence-electron chi connectivity index (χ3n) is 2.17. The van der Waals surface area contributed by atoms with Gasteiger partial charge in [0.2, 0.25) is 0 Å². The van der Waals surface area contributed by atoms with Crippen molar-refractivity contribution in [2.45, 2.75) is 13.2 Å². The summed E-state index contributed by atoms with van der Waals surface area (Å²) in [7, 11) is 0. The van der Waals surface area contributed by atoms with Crippen LogP contribution >= 0.6 is 15.9 Å². The molecule has 0 saturated heterocycles. The Morgan fingerprint density at radius 2 is 2.00 bits per heavy atom. The average molecular weight is 295 g/mol. The standard InChI is InChI=1S/C12H11BrN2O2/c13-10-2-3-11(9(6-10)7-16)17-8-12-14-4-1-5-15-12/h1-6,16H,7-8H2. The molecule has 0 aliphatic carbocycles. The number of ether oxygens (including phenoxy) is 1. The lowest BCUT2D eigenvalue weighted by molar-refractivity contribution is 0.255. The predicted molar refractivity (Wildman–Crippen MR) is 66.4 cm³/mol. The number of hydrogen-bond donors (Lipinski definition) is 1. The van der Waals surface area contributed by atoms with Crippen molar-refractivity contribution in [3.8, 4) is 5.75 Å². The van der Waals surface area contributed by atoms with Crippen LogP contribution in [0.3, 0.4) is 0 Å². The Hall–Kier alpha value is -1.46. The van der Waals surface area contributed by atoms with Crippen molar-refractivity contribution in [1.82, 2.24) is 9.97 Å². The largest absolute Gasteiger partial charge is 0.485 e. The zero-order valence-electron chi connectivity index (χ0n) is 9.01. The minimum Gasteiger partial charge on any atom is -0.485 e. The van der Waals surface area contributed by atoms with Crippen LogP contribution in [0.1, 0.15) is 11.4 Å². The molecule has 0 unspecified atom stereocenters. The number of nitrogens with zero attached hydrogens (tertiary/aromatic N) is 2. The summed E-state index contributed by atoms with van der Waals surface area (Å²) in [6.07, 6.45) is 3.33. The van der Waals surface area contributed by atoms with E-state index in [1.807, 2.05) is 12.1 Å². The quantitative estimate of drug-likeness (QED) is 0.940. The molecular formula is C12H11BrN2O2. The second kappa shape index (κ2) is 5.75. The third kappa shape index (κ3) is 3.25. The maximum absolute atomic E-state index is 9.21. The Morgan fingerprint density at radius 1 is 1.24 bits per heavy atom. The van der Waals surface area contributed by atoms with Crippen LogP contribution in [0.2, 0.25) is 0 Å². The topological polar surface area (TPSA) is 55.2 Å². The fraction of sp³-hybridized carbons (Fsp3) is 0.167. The normalized spacial score (nSPS) is 10.2. The van der Waals surface area contributed by atoms with Crippen LogP contribution in [0, 0.1) is 0 Å². The lowest BCUT2D eigenvalue weighted by Crippen LogP contribution is -2.02. The summed E-state index contributed by atoms with van der Waals surface area (Å²) in [4.78, 5) is 8.12. The van der Waals surface area contributed by atoms with E-state index in [2.05, 4.69) is 25.9 Å². The molecule has 2 aromatic rings. The Labute approximate surface area is 107 Å². The lowest BCUT2D eigenvalue weighted by atomic mass is 10.2. The average Bonchev–Trinajstić information content (AvgIpc) is 2.38. The SMILES string of the molecule is OCc1cc(Br)ccc1OCc1ncccn1. The van der Waals surface area contributed by atoms with Crippen LogP contribution in [0.25, 0.3) is 0 Å². The third-order valence-corrected chi connectivity index (χ3v) is 2.66. The van der Waals surface area contributed by atoms with E-state index in [0.29, 0.717) is 11.6 Å². The van der Waals surface area contributed by atoms with E-state index < -0.39 is 0 Å². The van der Waals surface area contributed by atoms with Gasteiger partial charge >= 0.3 is 0 Å².